The summed E-state index contributed by atoms with van der Waals surface area (Å²) in [7, 11) is 0. The predicted octanol–water partition coefficient (Wildman–Crippen LogP) is 3.28. The van der Waals surface area contributed by atoms with Crippen molar-refractivity contribution in [3.05, 3.63) is 36.5 Å². The summed E-state index contributed by atoms with van der Waals surface area (Å²) in [6.45, 7) is 1.90. The van der Waals surface area contributed by atoms with Crippen molar-refractivity contribution in [1.29, 1.82) is 0 Å². The molecule has 3 atom stereocenters. The normalized spacial score (nSPS) is 22.9. The molecule has 0 aromatic heterocycles. The molecule has 0 radical (unpaired) electrons. The van der Waals surface area contributed by atoms with Crippen LogP contribution in [-0.4, -0.2) is 28.1 Å². The number of hydrogen-bond donors (Lipinski definition) is 2. The Morgan fingerprint density at radius 2 is 2.14 bits per heavy atom. The first-order valence-corrected chi connectivity index (χ1v) is 7.99. The summed E-state index contributed by atoms with van der Waals surface area (Å²) >= 11 is 0. The standard InChI is InChI=1S/C18H26O4/c1-2-15(19)11-12-16-14(10-13-17(16)20)8-6-4-3-5-7-9-18(21)22/h4,6,10-16,19H,2-3,5,7-9H2,1H3,(H,21,22)/b6-4-,12-11+/t14-,15-,16-/m0/s1. The molecule has 0 fully saturated rings. The number of carbonyl (C=O) groups is 2. The second kappa shape index (κ2) is 10.1. The topological polar surface area (TPSA) is 74.6 Å². The van der Waals surface area contributed by atoms with Gasteiger partial charge in [-0.25, -0.2) is 0 Å². The number of carboxylic acids is 1. The highest BCUT2D eigenvalue weighted by Crippen LogP contribution is 2.27. The maximum Gasteiger partial charge on any atom is 0.303 e. The lowest BCUT2D eigenvalue weighted by Crippen LogP contribution is -2.13. The van der Waals surface area contributed by atoms with Crippen LogP contribution in [0.4, 0.5) is 0 Å². The van der Waals surface area contributed by atoms with Crippen molar-refractivity contribution in [3.8, 4) is 0 Å². The molecule has 1 aliphatic carbocycles. The molecular weight excluding hydrogens is 280 g/mol. The zero-order valence-electron chi connectivity index (χ0n) is 13.1. The molecule has 0 aliphatic heterocycles. The number of aliphatic hydroxyl groups is 1. The second-order valence-corrected chi connectivity index (χ2v) is 5.66. The van der Waals surface area contributed by atoms with Crippen LogP contribution in [0.15, 0.2) is 36.5 Å². The summed E-state index contributed by atoms with van der Waals surface area (Å²) in [6, 6.07) is 0. The molecule has 0 saturated heterocycles. The largest absolute Gasteiger partial charge is 0.481 e. The van der Waals surface area contributed by atoms with Crippen LogP contribution >= 0.6 is 0 Å². The van der Waals surface area contributed by atoms with E-state index in [1.807, 2.05) is 19.1 Å². The Bertz CT molecular complexity index is 448. The fourth-order valence-electron chi connectivity index (χ4n) is 2.42. The van der Waals surface area contributed by atoms with Crippen LogP contribution in [-0.2, 0) is 9.59 Å². The van der Waals surface area contributed by atoms with Gasteiger partial charge < -0.3 is 10.2 Å². The third-order valence-electron chi connectivity index (χ3n) is 3.84. The van der Waals surface area contributed by atoms with Crippen LogP contribution in [0.25, 0.3) is 0 Å². The molecule has 0 unspecified atom stereocenters. The number of allylic oxidation sites excluding steroid dienone is 5. The second-order valence-electron chi connectivity index (χ2n) is 5.66. The zero-order chi connectivity index (χ0) is 16.4. The van der Waals surface area contributed by atoms with E-state index in [0.29, 0.717) is 12.8 Å². The highest BCUT2D eigenvalue weighted by Gasteiger charge is 2.26. The van der Waals surface area contributed by atoms with Crippen molar-refractivity contribution in [2.75, 3.05) is 0 Å². The fraction of sp³-hybridized carbons (Fsp3) is 0.556. The first-order valence-electron chi connectivity index (χ1n) is 7.99. The highest BCUT2D eigenvalue weighted by atomic mass is 16.4. The molecule has 22 heavy (non-hydrogen) atoms. The quantitative estimate of drug-likeness (QED) is 0.480. The summed E-state index contributed by atoms with van der Waals surface area (Å²) in [6.07, 6.45) is 14.8. The molecule has 0 heterocycles. The summed E-state index contributed by atoms with van der Waals surface area (Å²) < 4.78 is 0. The van der Waals surface area contributed by atoms with Crippen molar-refractivity contribution < 1.29 is 19.8 Å². The first-order chi connectivity index (χ1) is 10.5. The molecule has 0 spiro atoms. The van der Waals surface area contributed by atoms with E-state index < -0.39 is 12.1 Å². The number of aliphatic hydroxyl groups excluding tert-OH is 1. The lowest BCUT2D eigenvalue weighted by molar-refractivity contribution is -0.137. The molecule has 4 heteroatoms. The summed E-state index contributed by atoms with van der Waals surface area (Å²) in [5.41, 5.74) is 0. The third-order valence-corrected chi connectivity index (χ3v) is 3.84. The lowest BCUT2D eigenvalue weighted by Gasteiger charge is -2.13. The van der Waals surface area contributed by atoms with Gasteiger partial charge in [0.1, 0.15) is 0 Å². The Morgan fingerprint density at radius 1 is 1.36 bits per heavy atom. The summed E-state index contributed by atoms with van der Waals surface area (Å²) in [4.78, 5) is 22.2. The monoisotopic (exact) mass is 306 g/mol. The maximum atomic E-state index is 11.8. The summed E-state index contributed by atoms with van der Waals surface area (Å²) in [5.74, 6) is -0.664. The average Bonchev–Trinajstić information content (AvgIpc) is 2.83. The van der Waals surface area contributed by atoms with E-state index in [9.17, 15) is 14.7 Å². The number of carbonyl (C=O) groups excluding carboxylic acids is 1. The van der Waals surface area contributed by atoms with E-state index in [2.05, 4.69) is 12.2 Å². The van der Waals surface area contributed by atoms with E-state index in [4.69, 9.17) is 5.11 Å². The van der Waals surface area contributed by atoms with E-state index in [1.165, 1.54) is 0 Å². The van der Waals surface area contributed by atoms with Crippen LogP contribution in [0.5, 0.6) is 0 Å². The maximum absolute atomic E-state index is 11.8. The van der Waals surface area contributed by atoms with Gasteiger partial charge in [0.25, 0.3) is 0 Å². The van der Waals surface area contributed by atoms with Crippen molar-refractivity contribution in [3.63, 3.8) is 0 Å². The minimum Gasteiger partial charge on any atom is -0.481 e. The Hall–Kier alpha value is -1.68. The van der Waals surface area contributed by atoms with Crippen molar-refractivity contribution in [2.45, 2.75) is 51.6 Å². The third kappa shape index (κ3) is 6.85. The number of carboxylic acid groups (broad SMARTS) is 1. The molecule has 0 aromatic rings. The number of aliphatic carboxylic acids is 1. The minimum absolute atomic E-state index is 0.0967. The van der Waals surface area contributed by atoms with Crippen LogP contribution in [0.2, 0.25) is 0 Å². The van der Waals surface area contributed by atoms with Crippen molar-refractivity contribution >= 4 is 11.8 Å². The molecule has 122 valence electrons. The average molecular weight is 306 g/mol. The molecular formula is C18H26O4. The number of rotatable bonds is 10. The Labute approximate surface area is 132 Å². The van der Waals surface area contributed by atoms with Crippen LogP contribution in [0, 0.1) is 11.8 Å². The van der Waals surface area contributed by atoms with Crippen LogP contribution < -0.4 is 0 Å². The van der Waals surface area contributed by atoms with Gasteiger partial charge in [0.05, 0.1) is 6.10 Å². The van der Waals surface area contributed by atoms with E-state index in [1.54, 1.807) is 12.2 Å². The zero-order valence-corrected chi connectivity index (χ0v) is 13.1. The predicted molar refractivity (Wildman–Crippen MR) is 86.4 cm³/mol. The van der Waals surface area contributed by atoms with Gasteiger partial charge in [0, 0.05) is 12.3 Å². The van der Waals surface area contributed by atoms with Gasteiger partial charge in [0.2, 0.25) is 0 Å². The Balaban J connectivity index is 2.34. The minimum atomic E-state index is -0.748. The molecule has 0 saturated carbocycles. The molecule has 2 N–H and O–H groups in total. The molecule has 1 aliphatic rings. The lowest BCUT2D eigenvalue weighted by atomic mass is 9.91. The van der Waals surface area contributed by atoms with Crippen molar-refractivity contribution in [2.24, 2.45) is 11.8 Å². The summed E-state index contributed by atoms with van der Waals surface area (Å²) in [5, 5.41) is 18.1. The molecule has 0 amide bonds. The van der Waals surface area contributed by atoms with Gasteiger partial charge in [-0.3, -0.25) is 9.59 Å². The highest BCUT2D eigenvalue weighted by molar-refractivity contribution is 5.95. The smallest absolute Gasteiger partial charge is 0.303 e. The molecule has 0 aromatic carbocycles. The van der Waals surface area contributed by atoms with Gasteiger partial charge in [-0.05, 0) is 44.1 Å². The molecule has 1 rings (SSSR count). The van der Waals surface area contributed by atoms with Crippen LogP contribution in [0.1, 0.15) is 45.4 Å². The fourth-order valence-corrected chi connectivity index (χ4v) is 2.42. The Kier molecular flexibility index (Phi) is 8.44. The van der Waals surface area contributed by atoms with E-state index >= 15 is 0 Å². The van der Waals surface area contributed by atoms with E-state index in [-0.39, 0.29) is 24.0 Å². The molecule has 0 bridgehead atoms. The number of hydrogen-bond acceptors (Lipinski definition) is 3. The van der Waals surface area contributed by atoms with Gasteiger partial charge in [-0.1, -0.05) is 37.3 Å². The van der Waals surface area contributed by atoms with Gasteiger partial charge in [-0.15, -0.1) is 0 Å². The van der Waals surface area contributed by atoms with Crippen LogP contribution in [0.3, 0.4) is 0 Å². The van der Waals surface area contributed by atoms with Gasteiger partial charge in [-0.2, -0.15) is 0 Å². The first kappa shape index (κ1) is 18.4. The number of unbranched alkanes of at least 4 members (excludes halogenated alkanes) is 2. The van der Waals surface area contributed by atoms with Gasteiger partial charge in [0.15, 0.2) is 5.78 Å². The molecule has 4 nitrogen and oxygen atoms in total. The Morgan fingerprint density at radius 3 is 2.82 bits per heavy atom. The van der Waals surface area contributed by atoms with E-state index in [0.717, 1.165) is 19.3 Å². The van der Waals surface area contributed by atoms with Crippen molar-refractivity contribution in [1.82, 2.24) is 0 Å². The number of ketones is 1. The SMILES string of the molecule is CC[C@H](O)/C=C/[C@@H]1C(=O)C=C[C@@H]1C/C=C\CCCCC(=O)O. The van der Waals surface area contributed by atoms with Gasteiger partial charge >= 0.3 is 5.97 Å².